The summed E-state index contributed by atoms with van der Waals surface area (Å²) in [5.74, 6) is 0.833. The monoisotopic (exact) mass is 273 g/mol. The van der Waals surface area contributed by atoms with Crippen LogP contribution in [-0.4, -0.2) is 25.4 Å². The highest BCUT2D eigenvalue weighted by atomic mass is 79.9. The van der Waals surface area contributed by atoms with Crippen LogP contribution in [0, 0.1) is 0 Å². The predicted molar refractivity (Wildman–Crippen MR) is 64.2 cm³/mol. The van der Waals surface area contributed by atoms with E-state index in [4.69, 9.17) is 9.84 Å². The van der Waals surface area contributed by atoms with Crippen LogP contribution >= 0.6 is 15.9 Å². The molecule has 0 saturated heterocycles. The molecular weight excluding hydrogens is 258 g/mol. The SMILES string of the molecule is COc1ccc([C@@H](C)NCCO)c(Br)c1. The Morgan fingerprint density at radius 1 is 1.53 bits per heavy atom. The van der Waals surface area contributed by atoms with Gasteiger partial charge in [0.15, 0.2) is 0 Å². The summed E-state index contributed by atoms with van der Waals surface area (Å²) in [7, 11) is 1.65. The van der Waals surface area contributed by atoms with Gasteiger partial charge in [-0.1, -0.05) is 22.0 Å². The molecule has 0 aliphatic carbocycles. The zero-order valence-electron chi connectivity index (χ0n) is 8.96. The number of rotatable bonds is 5. The molecule has 84 valence electrons. The predicted octanol–water partition coefficient (Wildman–Crippen LogP) is 2.10. The topological polar surface area (TPSA) is 41.5 Å². The second-order valence-electron chi connectivity index (χ2n) is 3.29. The summed E-state index contributed by atoms with van der Waals surface area (Å²) in [5.41, 5.74) is 1.16. The van der Waals surface area contributed by atoms with Crippen LogP contribution in [0.2, 0.25) is 0 Å². The smallest absolute Gasteiger partial charge is 0.120 e. The molecule has 1 rings (SSSR count). The van der Waals surface area contributed by atoms with Crippen molar-refractivity contribution in [3.8, 4) is 5.75 Å². The minimum Gasteiger partial charge on any atom is -0.497 e. The van der Waals surface area contributed by atoms with E-state index < -0.39 is 0 Å². The fourth-order valence-electron chi connectivity index (χ4n) is 1.38. The van der Waals surface area contributed by atoms with Gasteiger partial charge in [0.25, 0.3) is 0 Å². The van der Waals surface area contributed by atoms with Gasteiger partial charge in [0.1, 0.15) is 5.75 Å². The second kappa shape index (κ2) is 6.10. The van der Waals surface area contributed by atoms with Gasteiger partial charge in [-0.15, -0.1) is 0 Å². The lowest BCUT2D eigenvalue weighted by Gasteiger charge is -2.15. The van der Waals surface area contributed by atoms with Crippen LogP contribution < -0.4 is 10.1 Å². The minimum atomic E-state index is 0.151. The van der Waals surface area contributed by atoms with Gasteiger partial charge in [0, 0.05) is 17.1 Å². The van der Waals surface area contributed by atoms with Crippen molar-refractivity contribution in [2.75, 3.05) is 20.3 Å². The third kappa shape index (κ3) is 3.48. The molecule has 0 amide bonds. The molecule has 0 aliphatic rings. The number of ether oxygens (including phenoxy) is 1. The number of aliphatic hydroxyl groups excluding tert-OH is 1. The molecule has 0 radical (unpaired) electrons. The number of hydrogen-bond acceptors (Lipinski definition) is 3. The summed E-state index contributed by atoms with van der Waals surface area (Å²) >= 11 is 3.50. The van der Waals surface area contributed by atoms with Crippen LogP contribution in [0.15, 0.2) is 22.7 Å². The third-order valence-corrected chi connectivity index (χ3v) is 2.92. The van der Waals surface area contributed by atoms with Crippen molar-refractivity contribution in [2.24, 2.45) is 0 Å². The lowest BCUT2D eigenvalue weighted by atomic mass is 10.1. The maximum Gasteiger partial charge on any atom is 0.120 e. The summed E-state index contributed by atoms with van der Waals surface area (Å²) in [6, 6.07) is 6.08. The molecule has 0 heterocycles. The summed E-state index contributed by atoms with van der Waals surface area (Å²) < 4.78 is 6.13. The highest BCUT2D eigenvalue weighted by Gasteiger charge is 2.08. The summed E-state index contributed by atoms with van der Waals surface area (Å²) in [4.78, 5) is 0. The Kier molecular flexibility index (Phi) is 5.08. The van der Waals surface area contributed by atoms with Gasteiger partial charge < -0.3 is 15.2 Å². The Morgan fingerprint density at radius 2 is 2.27 bits per heavy atom. The van der Waals surface area contributed by atoms with Crippen molar-refractivity contribution >= 4 is 15.9 Å². The molecule has 2 N–H and O–H groups in total. The maximum absolute atomic E-state index is 8.72. The minimum absolute atomic E-state index is 0.151. The molecule has 1 aromatic rings. The fourth-order valence-corrected chi connectivity index (χ4v) is 2.08. The van der Waals surface area contributed by atoms with E-state index in [1.807, 2.05) is 18.2 Å². The molecule has 15 heavy (non-hydrogen) atoms. The number of hydrogen-bond donors (Lipinski definition) is 2. The zero-order valence-corrected chi connectivity index (χ0v) is 10.5. The molecule has 0 aliphatic heterocycles. The first-order chi connectivity index (χ1) is 7.19. The molecule has 1 aromatic carbocycles. The molecule has 0 unspecified atom stereocenters. The van der Waals surface area contributed by atoms with Crippen molar-refractivity contribution in [3.63, 3.8) is 0 Å². The average Bonchev–Trinajstić information content (AvgIpc) is 2.25. The molecule has 1 atom stereocenters. The lowest BCUT2D eigenvalue weighted by Crippen LogP contribution is -2.22. The van der Waals surface area contributed by atoms with Crippen molar-refractivity contribution in [3.05, 3.63) is 28.2 Å². The quantitative estimate of drug-likeness (QED) is 0.864. The molecule has 0 saturated carbocycles. The Labute approximate surface area is 98.6 Å². The summed E-state index contributed by atoms with van der Waals surface area (Å²) in [5, 5.41) is 11.9. The van der Waals surface area contributed by atoms with Crippen LogP contribution in [0.5, 0.6) is 5.75 Å². The van der Waals surface area contributed by atoms with Crippen LogP contribution in [0.3, 0.4) is 0 Å². The first-order valence-electron chi connectivity index (χ1n) is 4.86. The van der Waals surface area contributed by atoms with E-state index in [-0.39, 0.29) is 12.6 Å². The molecular formula is C11H16BrNO2. The van der Waals surface area contributed by atoms with Crippen molar-refractivity contribution < 1.29 is 9.84 Å². The third-order valence-electron chi connectivity index (χ3n) is 2.24. The number of methoxy groups -OCH3 is 1. The fraction of sp³-hybridized carbons (Fsp3) is 0.455. The van der Waals surface area contributed by atoms with Gasteiger partial charge in [-0.3, -0.25) is 0 Å². The number of halogens is 1. The summed E-state index contributed by atoms with van der Waals surface area (Å²) in [6.07, 6.45) is 0. The largest absolute Gasteiger partial charge is 0.497 e. The molecule has 0 bridgehead atoms. The first kappa shape index (κ1) is 12.5. The van der Waals surface area contributed by atoms with Crippen LogP contribution in [0.4, 0.5) is 0 Å². The molecule has 0 spiro atoms. The number of aliphatic hydroxyl groups is 1. The van der Waals surface area contributed by atoms with E-state index in [1.54, 1.807) is 7.11 Å². The van der Waals surface area contributed by atoms with Gasteiger partial charge in [-0.25, -0.2) is 0 Å². The van der Waals surface area contributed by atoms with E-state index in [1.165, 1.54) is 0 Å². The molecule has 0 aromatic heterocycles. The van der Waals surface area contributed by atoms with Crippen LogP contribution in [0.1, 0.15) is 18.5 Å². The van der Waals surface area contributed by atoms with E-state index >= 15 is 0 Å². The highest BCUT2D eigenvalue weighted by molar-refractivity contribution is 9.10. The standard InChI is InChI=1S/C11H16BrNO2/c1-8(13-5-6-14)10-4-3-9(15-2)7-11(10)12/h3-4,7-8,13-14H,5-6H2,1-2H3/t8-/m1/s1. The van der Waals surface area contributed by atoms with Crippen molar-refractivity contribution in [1.29, 1.82) is 0 Å². The normalized spacial score (nSPS) is 12.5. The van der Waals surface area contributed by atoms with E-state index in [0.29, 0.717) is 6.54 Å². The number of benzene rings is 1. The Balaban J connectivity index is 2.76. The van der Waals surface area contributed by atoms with Crippen LogP contribution in [-0.2, 0) is 0 Å². The Morgan fingerprint density at radius 3 is 2.80 bits per heavy atom. The van der Waals surface area contributed by atoms with E-state index in [2.05, 4.69) is 28.2 Å². The van der Waals surface area contributed by atoms with Crippen molar-refractivity contribution in [2.45, 2.75) is 13.0 Å². The second-order valence-corrected chi connectivity index (χ2v) is 4.14. The van der Waals surface area contributed by atoms with Crippen LogP contribution in [0.25, 0.3) is 0 Å². The van der Waals surface area contributed by atoms with Crippen molar-refractivity contribution in [1.82, 2.24) is 5.32 Å². The highest BCUT2D eigenvalue weighted by Crippen LogP contribution is 2.27. The zero-order chi connectivity index (χ0) is 11.3. The molecule has 4 heteroatoms. The molecule has 3 nitrogen and oxygen atoms in total. The van der Waals surface area contributed by atoms with E-state index in [9.17, 15) is 0 Å². The Bertz CT molecular complexity index is 317. The van der Waals surface area contributed by atoms with Gasteiger partial charge in [-0.2, -0.15) is 0 Å². The van der Waals surface area contributed by atoms with Gasteiger partial charge in [-0.05, 0) is 24.6 Å². The number of nitrogens with one attached hydrogen (secondary N) is 1. The van der Waals surface area contributed by atoms with E-state index in [0.717, 1.165) is 15.8 Å². The maximum atomic E-state index is 8.72. The first-order valence-corrected chi connectivity index (χ1v) is 5.66. The lowest BCUT2D eigenvalue weighted by molar-refractivity contribution is 0.286. The van der Waals surface area contributed by atoms with Gasteiger partial charge >= 0.3 is 0 Å². The van der Waals surface area contributed by atoms with Gasteiger partial charge in [0.05, 0.1) is 13.7 Å². The average molecular weight is 274 g/mol. The molecule has 0 fully saturated rings. The van der Waals surface area contributed by atoms with Gasteiger partial charge in [0.2, 0.25) is 0 Å². The summed E-state index contributed by atoms with van der Waals surface area (Å²) in [6.45, 7) is 2.81. The Hall–Kier alpha value is -0.580.